The largest absolute Gasteiger partial charge is 0.399 e. The number of nitrogen functional groups attached to an aromatic ring is 1. The van der Waals surface area contributed by atoms with E-state index in [0.717, 1.165) is 47.4 Å². The van der Waals surface area contributed by atoms with Crippen LogP contribution in [0.2, 0.25) is 0 Å². The highest BCUT2D eigenvalue weighted by molar-refractivity contribution is 7.13. The summed E-state index contributed by atoms with van der Waals surface area (Å²) in [6.45, 7) is 0. The lowest BCUT2D eigenvalue weighted by molar-refractivity contribution is -0.380. The molecule has 1 aliphatic carbocycles. The van der Waals surface area contributed by atoms with Crippen molar-refractivity contribution in [3.63, 3.8) is 0 Å². The molecule has 1 aliphatic rings. The van der Waals surface area contributed by atoms with E-state index < -0.39 is 4.92 Å². The zero-order valence-electron chi connectivity index (χ0n) is 12.2. The number of hydrogen-bond acceptors (Lipinski definition) is 5. The highest BCUT2D eigenvalue weighted by Gasteiger charge is 2.23. The first-order chi connectivity index (χ1) is 10.5. The quantitative estimate of drug-likeness (QED) is 0.501. The Kier molecular flexibility index (Phi) is 5.23. The first kappa shape index (κ1) is 17.2. The fraction of sp³-hybridized carbons (Fsp3) is 0.267. The predicted octanol–water partition coefficient (Wildman–Crippen LogP) is 3.47. The van der Waals surface area contributed by atoms with Gasteiger partial charge in [0.15, 0.2) is 0 Å². The molecule has 1 atom stereocenters. The average Bonchev–Trinajstić information content (AvgIpc) is 2.97. The van der Waals surface area contributed by atoms with E-state index >= 15 is 0 Å². The number of rotatable bonds is 3. The van der Waals surface area contributed by atoms with Crippen molar-refractivity contribution >= 4 is 40.3 Å². The van der Waals surface area contributed by atoms with Gasteiger partial charge in [0.25, 0.3) is 5.91 Å². The summed E-state index contributed by atoms with van der Waals surface area (Å²) in [6.07, 6.45) is 2.79. The number of anilines is 1. The summed E-state index contributed by atoms with van der Waals surface area (Å²) in [7, 11) is 0. The number of aryl methyl sites for hydroxylation is 1. The van der Waals surface area contributed by atoms with Crippen LogP contribution in [0.25, 0.3) is 0 Å². The van der Waals surface area contributed by atoms with E-state index in [1.807, 2.05) is 18.2 Å². The van der Waals surface area contributed by atoms with Crippen LogP contribution in [0.3, 0.4) is 0 Å². The standard InChI is InChI=1S/C15H15N3O3S.ClH/c16-11-4-5-12-9(6-11)2-1-3-13(12)17-15(19)10-7-14(18(20)21)22-8-10;/h4-8,13H,1-3,16H2,(H,17,19);1H. The molecule has 1 unspecified atom stereocenters. The molecule has 0 saturated heterocycles. The molecule has 0 aliphatic heterocycles. The van der Waals surface area contributed by atoms with Gasteiger partial charge in [-0.25, -0.2) is 0 Å². The van der Waals surface area contributed by atoms with Crippen LogP contribution in [0.1, 0.15) is 40.4 Å². The predicted molar refractivity (Wildman–Crippen MR) is 92.2 cm³/mol. The Morgan fingerprint density at radius 3 is 2.87 bits per heavy atom. The number of thiophene rings is 1. The van der Waals surface area contributed by atoms with Gasteiger partial charge in [0.05, 0.1) is 16.5 Å². The molecular formula is C15H16ClN3O3S. The van der Waals surface area contributed by atoms with Gasteiger partial charge in [-0.15, -0.1) is 12.4 Å². The maximum Gasteiger partial charge on any atom is 0.324 e. The molecule has 1 aromatic carbocycles. The number of hydrogen-bond donors (Lipinski definition) is 2. The average molecular weight is 354 g/mol. The third-order valence-corrected chi connectivity index (χ3v) is 4.69. The summed E-state index contributed by atoms with van der Waals surface area (Å²) in [5, 5.41) is 15.2. The zero-order chi connectivity index (χ0) is 15.7. The number of benzene rings is 1. The second-order valence-corrected chi connectivity index (χ2v) is 6.20. The number of amides is 1. The number of carbonyl (C=O) groups excluding carboxylic acids is 1. The molecule has 0 fully saturated rings. The Balaban J connectivity index is 0.00000192. The molecule has 3 rings (SSSR count). The lowest BCUT2D eigenvalue weighted by atomic mass is 9.87. The topological polar surface area (TPSA) is 98.3 Å². The van der Waals surface area contributed by atoms with Crippen LogP contribution < -0.4 is 11.1 Å². The normalized spacial score (nSPS) is 16.1. The third-order valence-electron chi connectivity index (χ3n) is 3.81. The molecule has 0 bridgehead atoms. The molecule has 0 saturated carbocycles. The van der Waals surface area contributed by atoms with E-state index in [1.54, 1.807) is 0 Å². The van der Waals surface area contributed by atoms with Crippen molar-refractivity contribution in [3.05, 3.63) is 56.5 Å². The first-order valence-electron chi connectivity index (χ1n) is 6.96. The van der Waals surface area contributed by atoms with Crippen molar-refractivity contribution in [2.45, 2.75) is 25.3 Å². The minimum absolute atomic E-state index is 0. The second kappa shape index (κ2) is 6.97. The van der Waals surface area contributed by atoms with E-state index in [1.165, 1.54) is 11.4 Å². The van der Waals surface area contributed by atoms with Crippen molar-refractivity contribution in [2.75, 3.05) is 5.73 Å². The lowest BCUT2D eigenvalue weighted by Crippen LogP contribution is -2.30. The Hall–Kier alpha value is -2.12. The van der Waals surface area contributed by atoms with Gasteiger partial charge in [0, 0.05) is 17.1 Å². The minimum Gasteiger partial charge on any atom is -0.399 e. The highest BCUT2D eigenvalue weighted by Crippen LogP contribution is 2.31. The minimum atomic E-state index is -0.486. The van der Waals surface area contributed by atoms with Crippen LogP contribution in [-0.2, 0) is 6.42 Å². The Labute approximate surface area is 143 Å². The van der Waals surface area contributed by atoms with Gasteiger partial charge in [-0.2, -0.15) is 0 Å². The highest BCUT2D eigenvalue weighted by atomic mass is 35.5. The monoisotopic (exact) mass is 353 g/mol. The number of fused-ring (bicyclic) bond motifs is 1. The SMILES string of the molecule is Cl.Nc1ccc2c(c1)CCCC2NC(=O)c1csc([N+](=O)[O-])c1. The molecule has 122 valence electrons. The maximum absolute atomic E-state index is 12.3. The van der Waals surface area contributed by atoms with Gasteiger partial charge >= 0.3 is 5.00 Å². The van der Waals surface area contributed by atoms with Crippen LogP contribution in [0.15, 0.2) is 29.6 Å². The number of halogens is 1. The number of nitro groups is 1. The van der Waals surface area contributed by atoms with Gasteiger partial charge in [-0.3, -0.25) is 14.9 Å². The van der Waals surface area contributed by atoms with Crippen LogP contribution in [0.4, 0.5) is 10.7 Å². The molecule has 8 heteroatoms. The molecule has 3 N–H and O–H groups in total. The van der Waals surface area contributed by atoms with Crippen LogP contribution in [0.5, 0.6) is 0 Å². The number of nitrogens with zero attached hydrogens (tertiary/aromatic N) is 1. The van der Waals surface area contributed by atoms with E-state index in [2.05, 4.69) is 5.32 Å². The molecule has 6 nitrogen and oxygen atoms in total. The zero-order valence-corrected chi connectivity index (χ0v) is 13.8. The lowest BCUT2D eigenvalue weighted by Gasteiger charge is -2.26. The van der Waals surface area contributed by atoms with Crippen molar-refractivity contribution in [1.29, 1.82) is 0 Å². The van der Waals surface area contributed by atoms with Crippen LogP contribution in [-0.4, -0.2) is 10.8 Å². The molecule has 0 radical (unpaired) electrons. The van der Waals surface area contributed by atoms with Crippen LogP contribution >= 0.6 is 23.7 Å². The summed E-state index contributed by atoms with van der Waals surface area (Å²) in [6, 6.07) is 6.97. The van der Waals surface area contributed by atoms with Gasteiger partial charge in [-0.1, -0.05) is 17.4 Å². The van der Waals surface area contributed by atoms with Gasteiger partial charge < -0.3 is 11.1 Å². The number of carbonyl (C=O) groups is 1. The van der Waals surface area contributed by atoms with Gasteiger partial charge in [0.1, 0.15) is 0 Å². The van der Waals surface area contributed by atoms with Crippen LogP contribution in [0, 0.1) is 10.1 Å². The number of nitrogens with one attached hydrogen (secondary N) is 1. The molecule has 23 heavy (non-hydrogen) atoms. The van der Waals surface area contributed by atoms with Gasteiger partial charge in [-0.05, 0) is 42.5 Å². The van der Waals surface area contributed by atoms with Crippen molar-refractivity contribution in [3.8, 4) is 0 Å². The summed E-state index contributed by atoms with van der Waals surface area (Å²) < 4.78 is 0. The Bertz CT molecular complexity index is 747. The smallest absolute Gasteiger partial charge is 0.324 e. The molecule has 1 aromatic heterocycles. The summed E-state index contributed by atoms with van der Waals surface area (Å²) in [4.78, 5) is 22.5. The Morgan fingerprint density at radius 2 is 2.17 bits per heavy atom. The first-order valence-corrected chi connectivity index (χ1v) is 7.84. The molecule has 1 amide bonds. The third kappa shape index (κ3) is 3.62. The van der Waals surface area contributed by atoms with Crippen molar-refractivity contribution < 1.29 is 9.72 Å². The van der Waals surface area contributed by atoms with E-state index in [4.69, 9.17) is 5.73 Å². The fourth-order valence-corrected chi connectivity index (χ4v) is 3.47. The summed E-state index contributed by atoms with van der Waals surface area (Å²) in [5.41, 5.74) is 9.10. The van der Waals surface area contributed by atoms with Crippen molar-refractivity contribution in [1.82, 2.24) is 5.32 Å². The second-order valence-electron chi connectivity index (χ2n) is 5.31. The van der Waals surface area contributed by atoms with Gasteiger partial charge in [0.2, 0.25) is 0 Å². The molecule has 1 heterocycles. The maximum atomic E-state index is 12.3. The van der Waals surface area contributed by atoms with E-state index in [0.29, 0.717) is 5.56 Å². The molecule has 2 aromatic rings. The molecule has 0 spiro atoms. The van der Waals surface area contributed by atoms with E-state index in [9.17, 15) is 14.9 Å². The number of nitrogens with two attached hydrogens (primary N) is 1. The fourth-order valence-electron chi connectivity index (χ4n) is 2.77. The molecular weight excluding hydrogens is 338 g/mol. The Morgan fingerprint density at radius 1 is 1.39 bits per heavy atom. The van der Waals surface area contributed by atoms with Crippen molar-refractivity contribution in [2.24, 2.45) is 0 Å². The summed E-state index contributed by atoms with van der Waals surface area (Å²) >= 11 is 0.959. The summed E-state index contributed by atoms with van der Waals surface area (Å²) in [5.74, 6) is -0.279. The van der Waals surface area contributed by atoms with E-state index in [-0.39, 0.29) is 29.4 Å².